The first-order valence-corrected chi connectivity index (χ1v) is 7.44. The molecule has 4 nitrogen and oxygen atoms in total. The number of hydrogen-bond acceptors (Lipinski definition) is 4. The number of nitrogens with zero attached hydrogens (tertiary/aromatic N) is 1. The van der Waals surface area contributed by atoms with E-state index in [9.17, 15) is 5.11 Å². The van der Waals surface area contributed by atoms with Gasteiger partial charge in [-0.05, 0) is 38.1 Å². The Labute approximate surface area is 134 Å². The molecule has 3 rings (SSSR count). The molecule has 0 unspecified atom stereocenters. The molecule has 0 spiro atoms. The number of ether oxygens (including phenoxy) is 1. The van der Waals surface area contributed by atoms with Crippen LogP contribution < -0.4 is 10.5 Å². The maximum Gasteiger partial charge on any atom is 0.178 e. The van der Waals surface area contributed by atoms with Crippen molar-refractivity contribution < 1.29 is 9.84 Å². The third-order valence-electron chi connectivity index (χ3n) is 3.60. The number of halogens is 1. The minimum absolute atomic E-state index is 0.0249. The summed E-state index contributed by atoms with van der Waals surface area (Å²) in [5, 5.41) is 11.8. The van der Waals surface area contributed by atoms with Gasteiger partial charge < -0.3 is 15.6 Å². The Balaban J connectivity index is 2.20. The highest BCUT2D eigenvalue weighted by Crippen LogP contribution is 2.45. The first kappa shape index (κ1) is 14.9. The second kappa shape index (κ2) is 5.30. The second-order valence-corrected chi connectivity index (χ2v) is 5.97. The molecule has 1 aliphatic rings. The van der Waals surface area contributed by atoms with Gasteiger partial charge in [0, 0.05) is 16.1 Å². The molecule has 0 bridgehead atoms. The first-order valence-electron chi connectivity index (χ1n) is 7.06. The van der Waals surface area contributed by atoms with Crippen molar-refractivity contribution in [1.29, 1.82) is 0 Å². The Hall–Kier alpha value is -2.04. The first-order chi connectivity index (χ1) is 10.4. The number of fused-ring (bicyclic) bond motifs is 1. The number of hydrogen-bond donors (Lipinski definition) is 2. The van der Waals surface area contributed by atoms with Crippen LogP contribution >= 0.6 is 11.6 Å². The lowest BCUT2D eigenvalue weighted by Crippen LogP contribution is -2.40. The molecule has 1 heterocycles. The summed E-state index contributed by atoms with van der Waals surface area (Å²) in [5.74, 6) is 0.690. The largest absolute Gasteiger partial charge is 0.491 e. The molecule has 1 atom stereocenters. The molecule has 0 fully saturated rings. The van der Waals surface area contributed by atoms with Gasteiger partial charge in [-0.15, -0.1) is 0 Å². The summed E-state index contributed by atoms with van der Waals surface area (Å²) in [6.45, 7) is 3.86. The standard InChI is InChI=1S/C17H17ClN2O2/c1-10(2)22-15-6-4-3-5-12(15)17(21)13-9-11(18)7-8-14(13)20-16(17)19/h3-10,21H,1-2H3,(H2,19,20)/t17-/m0/s1. The van der Waals surface area contributed by atoms with E-state index in [0.29, 0.717) is 27.6 Å². The lowest BCUT2D eigenvalue weighted by molar-refractivity contribution is 0.148. The minimum Gasteiger partial charge on any atom is -0.491 e. The number of para-hydroxylation sites is 1. The maximum atomic E-state index is 11.3. The van der Waals surface area contributed by atoms with Gasteiger partial charge in [0.1, 0.15) is 11.6 Å². The molecule has 0 saturated carbocycles. The van der Waals surface area contributed by atoms with Gasteiger partial charge in [-0.2, -0.15) is 0 Å². The monoisotopic (exact) mass is 316 g/mol. The Kier molecular flexibility index (Phi) is 3.59. The summed E-state index contributed by atoms with van der Waals surface area (Å²) in [6, 6.07) is 12.4. The van der Waals surface area contributed by atoms with Gasteiger partial charge in [0.2, 0.25) is 0 Å². The van der Waals surface area contributed by atoms with Crippen LogP contribution in [0.25, 0.3) is 0 Å². The van der Waals surface area contributed by atoms with Gasteiger partial charge >= 0.3 is 0 Å². The fourth-order valence-electron chi connectivity index (χ4n) is 2.65. The summed E-state index contributed by atoms with van der Waals surface area (Å²) < 4.78 is 5.81. The molecule has 0 aromatic heterocycles. The summed E-state index contributed by atoms with van der Waals surface area (Å²) in [7, 11) is 0. The average molecular weight is 317 g/mol. The summed E-state index contributed by atoms with van der Waals surface area (Å²) in [4.78, 5) is 4.27. The van der Waals surface area contributed by atoms with E-state index in [4.69, 9.17) is 22.1 Å². The van der Waals surface area contributed by atoms with Gasteiger partial charge in [0.15, 0.2) is 5.60 Å². The van der Waals surface area contributed by atoms with Crippen molar-refractivity contribution in [1.82, 2.24) is 0 Å². The third-order valence-corrected chi connectivity index (χ3v) is 3.83. The van der Waals surface area contributed by atoms with Crippen LogP contribution in [0.15, 0.2) is 47.5 Å². The normalized spacial score (nSPS) is 20.0. The topological polar surface area (TPSA) is 67.8 Å². The van der Waals surface area contributed by atoms with E-state index in [1.807, 2.05) is 32.0 Å². The van der Waals surface area contributed by atoms with Gasteiger partial charge in [-0.1, -0.05) is 29.8 Å². The van der Waals surface area contributed by atoms with E-state index in [-0.39, 0.29) is 11.9 Å². The summed E-state index contributed by atoms with van der Waals surface area (Å²) in [6.07, 6.45) is -0.0249. The van der Waals surface area contributed by atoms with Crippen LogP contribution in [0.2, 0.25) is 5.02 Å². The smallest absolute Gasteiger partial charge is 0.178 e. The Morgan fingerprint density at radius 1 is 1.18 bits per heavy atom. The number of aliphatic imine (C=N–C) groups is 1. The molecule has 2 aromatic carbocycles. The lowest BCUT2D eigenvalue weighted by Gasteiger charge is -2.27. The third kappa shape index (κ3) is 2.25. The second-order valence-electron chi connectivity index (χ2n) is 5.53. The Morgan fingerprint density at radius 2 is 1.91 bits per heavy atom. The Morgan fingerprint density at radius 3 is 2.64 bits per heavy atom. The van der Waals surface area contributed by atoms with Crippen LogP contribution in [0.1, 0.15) is 25.0 Å². The molecule has 2 aromatic rings. The molecule has 0 aliphatic carbocycles. The van der Waals surface area contributed by atoms with Gasteiger partial charge in [0.05, 0.1) is 11.8 Å². The van der Waals surface area contributed by atoms with Gasteiger partial charge in [-0.25, -0.2) is 4.99 Å². The van der Waals surface area contributed by atoms with Crippen molar-refractivity contribution >= 4 is 23.1 Å². The van der Waals surface area contributed by atoms with E-state index in [0.717, 1.165) is 0 Å². The lowest BCUT2D eigenvalue weighted by atomic mass is 9.86. The fraction of sp³-hybridized carbons (Fsp3) is 0.235. The zero-order valence-corrected chi connectivity index (χ0v) is 13.1. The van der Waals surface area contributed by atoms with Crippen LogP contribution in [0.4, 0.5) is 5.69 Å². The number of benzene rings is 2. The Bertz CT molecular complexity index is 758. The van der Waals surface area contributed by atoms with Crippen molar-refractivity contribution in [3.63, 3.8) is 0 Å². The summed E-state index contributed by atoms with van der Waals surface area (Å²) >= 11 is 6.08. The molecular formula is C17H17ClN2O2. The van der Waals surface area contributed by atoms with Crippen LogP contribution in [0, 0.1) is 0 Å². The highest BCUT2D eigenvalue weighted by Gasteiger charge is 2.44. The number of amidine groups is 1. The zero-order chi connectivity index (χ0) is 15.9. The molecule has 5 heteroatoms. The van der Waals surface area contributed by atoms with E-state index >= 15 is 0 Å². The SMILES string of the molecule is CC(C)Oc1ccccc1[C@@]1(O)C(N)=Nc2ccc(Cl)cc21. The molecule has 0 radical (unpaired) electrons. The average Bonchev–Trinajstić information content (AvgIpc) is 2.72. The molecule has 114 valence electrons. The molecule has 22 heavy (non-hydrogen) atoms. The fourth-order valence-corrected chi connectivity index (χ4v) is 2.82. The molecule has 0 amide bonds. The maximum absolute atomic E-state index is 11.3. The minimum atomic E-state index is -1.54. The highest BCUT2D eigenvalue weighted by atomic mass is 35.5. The van der Waals surface area contributed by atoms with E-state index in [2.05, 4.69) is 4.99 Å². The molecule has 3 N–H and O–H groups in total. The molecular weight excluding hydrogens is 300 g/mol. The van der Waals surface area contributed by atoms with Crippen molar-refractivity contribution in [3.8, 4) is 5.75 Å². The number of nitrogens with two attached hydrogens (primary N) is 1. The quantitative estimate of drug-likeness (QED) is 0.912. The van der Waals surface area contributed by atoms with Crippen molar-refractivity contribution in [2.45, 2.75) is 25.6 Å². The van der Waals surface area contributed by atoms with E-state index < -0.39 is 5.60 Å². The van der Waals surface area contributed by atoms with Gasteiger partial charge in [-0.3, -0.25) is 0 Å². The number of aliphatic hydroxyl groups is 1. The van der Waals surface area contributed by atoms with Crippen LogP contribution in [0.5, 0.6) is 5.75 Å². The predicted molar refractivity (Wildman–Crippen MR) is 87.9 cm³/mol. The van der Waals surface area contributed by atoms with Crippen LogP contribution in [0.3, 0.4) is 0 Å². The molecule has 0 saturated heterocycles. The van der Waals surface area contributed by atoms with Crippen molar-refractivity contribution in [2.24, 2.45) is 10.7 Å². The van der Waals surface area contributed by atoms with E-state index in [1.165, 1.54) is 0 Å². The molecule has 1 aliphatic heterocycles. The van der Waals surface area contributed by atoms with Crippen molar-refractivity contribution in [3.05, 3.63) is 58.6 Å². The van der Waals surface area contributed by atoms with Gasteiger partial charge in [0.25, 0.3) is 0 Å². The number of rotatable bonds is 3. The predicted octanol–water partition coefficient (Wildman–Crippen LogP) is 3.37. The van der Waals surface area contributed by atoms with Crippen LogP contribution in [-0.2, 0) is 5.60 Å². The van der Waals surface area contributed by atoms with E-state index in [1.54, 1.807) is 24.3 Å². The highest BCUT2D eigenvalue weighted by molar-refractivity contribution is 6.30. The zero-order valence-electron chi connectivity index (χ0n) is 12.4. The van der Waals surface area contributed by atoms with Crippen molar-refractivity contribution in [2.75, 3.05) is 0 Å². The summed E-state index contributed by atoms with van der Waals surface area (Å²) in [5.41, 5.74) is 6.25. The van der Waals surface area contributed by atoms with Crippen LogP contribution in [-0.4, -0.2) is 17.0 Å².